The van der Waals surface area contributed by atoms with E-state index in [2.05, 4.69) is 10.3 Å². The summed E-state index contributed by atoms with van der Waals surface area (Å²) in [6.07, 6.45) is 2.07. The normalized spacial score (nSPS) is 23.3. The molecule has 1 N–H and O–H groups in total. The fourth-order valence-electron chi connectivity index (χ4n) is 1.85. The van der Waals surface area contributed by atoms with Crippen molar-refractivity contribution in [1.29, 1.82) is 0 Å². The minimum atomic E-state index is -3.06. The Bertz CT molecular complexity index is 519. The van der Waals surface area contributed by atoms with Crippen LogP contribution in [0.15, 0.2) is 12.3 Å². The van der Waals surface area contributed by atoms with Gasteiger partial charge in [-0.05, 0) is 12.8 Å². The summed E-state index contributed by atoms with van der Waals surface area (Å²) in [5, 5.41) is 2.70. The number of anilines is 1. The quantitative estimate of drug-likeness (QED) is 0.874. The number of hydrogen-bond donors (Lipinski definition) is 1. The van der Waals surface area contributed by atoms with E-state index in [1.807, 2.05) is 0 Å². The molecule has 0 saturated carbocycles. The van der Waals surface area contributed by atoms with Gasteiger partial charge in [-0.1, -0.05) is 0 Å². The second kappa shape index (κ2) is 4.56. The van der Waals surface area contributed by atoms with Gasteiger partial charge in [0.2, 0.25) is 0 Å². The Morgan fingerprint density at radius 2 is 2.18 bits per heavy atom. The second-order valence-corrected chi connectivity index (χ2v) is 6.31. The Labute approximate surface area is 98.0 Å². The van der Waals surface area contributed by atoms with Crippen LogP contribution in [0.3, 0.4) is 0 Å². The SMILES string of the molecule is O=S1(=O)CCCC(Nc2ncc(F)cc2F)C1. The molecule has 0 aromatic carbocycles. The number of rotatable bonds is 2. The van der Waals surface area contributed by atoms with E-state index < -0.39 is 21.5 Å². The van der Waals surface area contributed by atoms with Gasteiger partial charge in [-0.2, -0.15) is 0 Å². The molecule has 2 heterocycles. The van der Waals surface area contributed by atoms with E-state index in [0.29, 0.717) is 18.9 Å². The topological polar surface area (TPSA) is 59.1 Å². The van der Waals surface area contributed by atoms with Gasteiger partial charge in [-0.25, -0.2) is 22.2 Å². The van der Waals surface area contributed by atoms with Gasteiger partial charge < -0.3 is 5.32 Å². The van der Waals surface area contributed by atoms with Crippen molar-refractivity contribution >= 4 is 15.7 Å². The summed E-state index contributed by atoms with van der Waals surface area (Å²) in [5.41, 5.74) is 0. The van der Waals surface area contributed by atoms with Crippen molar-refractivity contribution < 1.29 is 17.2 Å². The van der Waals surface area contributed by atoms with Gasteiger partial charge in [-0.3, -0.25) is 0 Å². The highest BCUT2D eigenvalue weighted by Gasteiger charge is 2.25. The van der Waals surface area contributed by atoms with Gasteiger partial charge in [0.25, 0.3) is 0 Å². The van der Waals surface area contributed by atoms with Crippen molar-refractivity contribution in [3.8, 4) is 0 Å². The third-order valence-electron chi connectivity index (χ3n) is 2.61. The smallest absolute Gasteiger partial charge is 0.168 e. The maximum absolute atomic E-state index is 13.3. The first kappa shape index (κ1) is 12.2. The highest BCUT2D eigenvalue weighted by molar-refractivity contribution is 7.91. The standard InChI is InChI=1S/C10H12F2N2O2S/c11-7-4-9(12)10(13-5-7)14-8-2-1-3-17(15,16)6-8/h4-5,8H,1-3,6H2,(H,13,14). The molecule has 0 spiro atoms. The molecule has 1 saturated heterocycles. The summed E-state index contributed by atoms with van der Waals surface area (Å²) in [6.45, 7) is 0. The average Bonchev–Trinajstić information content (AvgIpc) is 2.21. The van der Waals surface area contributed by atoms with Crippen LogP contribution in [-0.2, 0) is 9.84 Å². The number of sulfone groups is 1. The van der Waals surface area contributed by atoms with Crippen molar-refractivity contribution in [2.24, 2.45) is 0 Å². The summed E-state index contributed by atoms with van der Waals surface area (Å²) in [4.78, 5) is 3.56. The summed E-state index contributed by atoms with van der Waals surface area (Å²) >= 11 is 0. The van der Waals surface area contributed by atoms with Gasteiger partial charge in [-0.15, -0.1) is 0 Å². The first-order valence-corrected chi connectivity index (χ1v) is 7.06. The van der Waals surface area contributed by atoms with Crippen LogP contribution in [0, 0.1) is 11.6 Å². The van der Waals surface area contributed by atoms with E-state index in [9.17, 15) is 17.2 Å². The lowest BCUT2D eigenvalue weighted by Crippen LogP contribution is -2.35. The predicted molar refractivity (Wildman–Crippen MR) is 59.5 cm³/mol. The second-order valence-electron chi connectivity index (χ2n) is 4.08. The lowest BCUT2D eigenvalue weighted by atomic mass is 10.2. The lowest BCUT2D eigenvalue weighted by Gasteiger charge is -2.23. The fourth-order valence-corrected chi connectivity index (χ4v) is 3.49. The molecule has 2 rings (SSSR count). The molecule has 17 heavy (non-hydrogen) atoms. The maximum Gasteiger partial charge on any atom is 0.168 e. The Balaban J connectivity index is 2.10. The highest BCUT2D eigenvalue weighted by Crippen LogP contribution is 2.18. The Kier molecular flexibility index (Phi) is 3.28. The van der Waals surface area contributed by atoms with E-state index in [1.165, 1.54) is 0 Å². The fraction of sp³-hybridized carbons (Fsp3) is 0.500. The van der Waals surface area contributed by atoms with Crippen molar-refractivity contribution in [1.82, 2.24) is 4.98 Å². The molecule has 1 aliphatic heterocycles. The summed E-state index contributed by atoms with van der Waals surface area (Å²) in [6, 6.07) is 0.355. The molecule has 1 atom stereocenters. The molecule has 1 aromatic rings. The number of pyridine rings is 1. The average molecular weight is 262 g/mol. The molecule has 0 amide bonds. The monoisotopic (exact) mass is 262 g/mol. The largest absolute Gasteiger partial charge is 0.364 e. The predicted octanol–water partition coefficient (Wildman–Crippen LogP) is 1.35. The molecule has 0 aliphatic carbocycles. The van der Waals surface area contributed by atoms with Gasteiger partial charge >= 0.3 is 0 Å². The summed E-state index contributed by atoms with van der Waals surface area (Å²) < 4.78 is 48.7. The van der Waals surface area contributed by atoms with Gasteiger partial charge in [0, 0.05) is 12.1 Å². The van der Waals surface area contributed by atoms with Crippen LogP contribution in [0.2, 0.25) is 0 Å². The zero-order chi connectivity index (χ0) is 12.5. The van der Waals surface area contributed by atoms with Crippen LogP contribution in [0.25, 0.3) is 0 Å². The van der Waals surface area contributed by atoms with Crippen LogP contribution in [-0.4, -0.2) is 30.9 Å². The number of halogens is 2. The molecular formula is C10H12F2N2O2S. The number of nitrogens with zero attached hydrogens (tertiary/aromatic N) is 1. The van der Waals surface area contributed by atoms with E-state index >= 15 is 0 Å². The molecule has 0 radical (unpaired) electrons. The van der Waals surface area contributed by atoms with Crippen LogP contribution in [0.4, 0.5) is 14.6 Å². The van der Waals surface area contributed by atoms with Crippen LogP contribution >= 0.6 is 0 Å². The minimum Gasteiger partial charge on any atom is -0.364 e. The van der Waals surface area contributed by atoms with Gasteiger partial charge in [0.05, 0.1) is 17.7 Å². The summed E-state index contributed by atoms with van der Waals surface area (Å²) in [7, 11) is -3.06. The molecular weight excluding hydrogens is 250 g/mol. The van der Waals surface area contributed by atoms with Crippen LogP contribution in [0.1, 0.15) is 12.8 Å². The van der Waals surface area contributed by atoms with Crippen molar-refractivity contribution in [2.75, 3.05) is 16.8 Å². The zero-order valence-electron chi connectivity index (χ0n) is 8.99. The molecule has 1 fully saturated rings. The Morgan fingerprint density at radius 1 is 1.41 bits per heavy atom. The third kappa shape index (κ3) is 3.12. The van der Waals surface area contributed by atoms with Crippen molar-refractivity contribution in [3.05, 3.63) is 23.9 Å². The molecule has 7 heteroatoms. The molecule has 4 nitrogen and oxygen atoms in total. The van der Waals surface area contributed by atoms with E-state index in [-0.39, 0.29) is 23.4 Å². The number of hydrogen-bond acceptors (Lipinski definition) is 4. The van der Waals surface area contributed by atoms with Crippen molar-refractivity contribution in [2.45, 2.75) is 18.9 Å². The number of nitrogens with one attached hydrogen (secondary N) is 1. The molecule has 0 bridgehead atoms. The maximum atomic E-state index is 13.3. The number of aromatic nitrogens is 1. The van der Waals surface area contributed by atoms with Gasteiger partial charge in [0.1, 0.15) is 5.82 Å². The Morgan fingerprint density at radius 3 is 2.82 bits per heavy atom. The van der Waals surface area contributed by atoms with Gasteiger partial charge in [0.15, 0.2) is 21.5 Å². The zero-order valence-corrected chi connectivity index (χ0v) is 9.80. The van der Waals surface area contributed by atoms with Crippen LogP contribution in [0.5, 0.6) is 0 Å². The van der Waals surface area contributed by atoms with E-state index in [4.69, 9.17) is 0 Å². The Hall–Kier alpha value is -1.24. The molecule has 94 valence electrons. The summed E-state index contributed by atoms with van der Waals surface area (Å²) in [5.74, 6) is -1.54. The minimum absolute atomic E-state index is 0.0362. The molecule has 1 aliphatic rings. The van der Waals surface area contributed by atoms with E-state index in [0.717, 1.165) is 6.20 Å². The van der Waals surface area contributed by atoms with Crippen molar-refractivity contribution in [3.63, 3.8) is 0 Å². The van der Waals surface area contributed by atoms with Crippen LogP contribution < -0.4 is 5.32 Å². The first-order valence-electron chi connectivity index (χ1n) is 5.24. The lowest BCUT2D eigenvalue weighted by molar-refractivity contribution is 0.552. The van der Waals surface area contributed by atoms with E-state index in [1.54, 1.807) is 0 Å². The highest BCUT2D eigenvalue weighted by atomic mass is 32.2. The first-order chi connectivity index (χ1) is 7.96. The molecule has 1 aromatic heterocycles. The third-order valence-corrected chi connectivity index (χ3v) is 4.43. The molecule has 1 unspecified atom stereocenters.